The van der Waals surface area contributed by atoms with Gasteiger partial charge in [-0.15, -0.1) is 0 Å². The van der Waals surface area contributed by atoms with E-state index in [-0.39, 0.29) is 17.7 Å². The van der Waals surface area contributed by atoms with Crippen molar-refractivity contribution in [2.24, 2.45) is 11.8 Å². The highest BCUT2D eigenvalue weighted by Gasteiger charge is 2.34. The average Bonchev–Trinajstić information content (AvgIpc) is 2.35. The molecule has 0 spiro atoms. The Labute approximate surface area is 79.5 Å². The predicted molar refractivity (Wildman–Crippen MR) is 51.2 cm³/mol. The van der Waals surface area contributed by atoms with Crippen molar-refractivity contribution in [2.75, 3.05) is 6.54 Å². The maximum Gasteiger partial charge on any atom is 0.223 e. The van der Waals surface area contributed by atoms with E-state index in [1.807, 2.05) is 20.8 Å². The number of nitrogens with one attached hydrogen (secondary N) is 1. The number of aliphatic hydroxyl groups is 1. The average molecular weight is 185 g/mol. The van der Waals surface area contributed by atoms with Crippen LogP contribution >= 0.6 is 0 Å². The van der Waals surface area contributed by atoms with Crippen LogP contribution in [0.2, 0.25) is 0 Å². The Kier molecular flexibility index (Phi) is 2.96. The van der Waals surface area contributed by atoms with Gasteiger partial charge in [0, 0.05) is 12.5 Å². The Morgan fingerprint density at radius 2 is 2.31 bits per heavy atom. The molecule has 1 heterocycles. The van der Waals surface area contributed by atoms with Gasteiger partial charge in [-0.25, -0.2) is 0 Å². The topological polar surface area (TPSA) is 49.3 Å². The van der Waals surface area contributed by atoms with Crippen LogP contribution in [0, 0.1) is 11.8 Å². The van der Waals surface area contributed by atoms with Gasteiger partial charge in [0.15, 0.2) is 0 Å². The van der Waals surface area contributed by atoms with Crippen LogP contribution < -0.4 is 5.32 Å². The van der Waals surface area contributed by atoms with Crippen molar-refractivity contribution in [1.29, 1.82) is 0 Å². The smallest absolute Gasteiger partial charge is 0.223 e. The number of hydrogen-bond acceptors (Lipinski definition) is 2. The molecule has 0 bridgehead atoms. The van der Waals surface area contributed by atoms with Gasteiger partial charge in [-0.2, -0.15) is 0 Å². The zero-order valence-electron chi connectivity index (χ0n) is 8.63. The first-order valence-electron chi connectivity index (χ1n) is 4.93. The van der Waals surface area contributed by atoms with Crippen LogP contribution in [-0.4, -0.2) is 23.2 Å². The van der Waals surface area contributed by atoms with Gasteiger partial charge in [0.1, 0.15) is 0 Å². The Morgan fingerprint density at radius 1 is 1.69 bits per heavy atom. The van der Waals surface area contributed by atoms with Crippen molar-refractivity contribution in [3.63, 3.8) is 0 Å². The number of carbonyl (C=O) groups is 1. The van der Waals surface area contributed by atoms with Gasteiger partial charge in [-0.3, -0.25) is 4.79 Å². The fraction of sp³-hybridized carbons (Fsp3) is 0.900. The molecule has 1 amide bonds. The van der Waals surface area contributed by atoms with Crippen LogP contribution in [0.25, 0.3) is 0 Å². The third-order valence-electron chi connectivity index (χ3n) is 3.07. The lowest BCUT2D eigenvalue weighted by Crippen LogP contribution is -2.35. The summed E-state index contributed by atoms with van der Waals surface area (Å²) in [5.74, 6) is 0.305. The van der Waals surface area contributed by atoms with Crippen molar-refractivity contribution in [1.82, 2.24) is 5.32 Å². The van der Waals surface area contributed by atoms with Gasteiger partial charge in [-0.05, 0) is 25.7 Å². The summed E-state index contributed by atoms with van der Waals surface area (Å²) in [5, 5.41) is 12.8. The molecule has 1 rings (SSSR count). The minimum atomic E-state index is -0.716. The minimum absolute atomic E-state index is 0.0115. The van der Waals surface area contributed by atoms with Gasteiger partial charge >= 0.3 is 0 Å². The van der Waals surface area contributed by atoms with E-state index < -0.39 is 5.60 Å². The van der Waals surface area contributed by atoms with Crippen molar-refractivity contribution in [3.8, 4) is 0 Å². The van der Waals surface area contributed by atoms with Crippen molar-refractivity contribution >= 4 is 5.91 Å². The lowest BCUT2D eigenvalue weighted by Gasteiger charge is -2.29. The highest BCUT2D eigenvalue weighted by molar-refractivity contribution is 5.80. The molecule has 3 heteroatoms. The molecular weight excluding hydrogens is 166 g/mol. The van der Waals surface area contributed by atoms with Crippen LogP contribution in [-0.2, 0) is 4.79 Å². The molecule has 2 unspecified atom stereocenters. The zero-order valence-corrected chi connectivity index (χ0v) is 8.63. The summed E-state index contributed by atoms with van der Waals surface area (Å²) in [7, 11) is 0. The van der Waals surface area contributed by atoms with Gasteiger partial charge < -0.3 is 10.4 Å². The highest BCUT2D eigenvalue weighted by Crippen LogP contribution is 2.28. The van der Waals surface area contributed by atoms with E-state index in [1.165, 1.54) is 0 Å². The molecule has 2 N–H and O–H groups in total. The molecule has 0 aromatic heterocycles. The van der Waals surface area contributed by atoms with Gasteiger partial charge in [-0.1, -0.05) is 13.8 Å². The van der Waals surface area contributed by atoms with Gasteiger partial charge in [0.05, 0.1) is 5.60 Å². The van der Waals surface area contributed by atoms with E-state index in [2.05, 4.69) is 5.32 Å². The molecule has 2 atom stereocenters. The zero-order chi connectivity index (χ0) is 10.1. The maximum atomic E-state index is 11.3. The lowest BCUT2D eigenvalue weighted by molar-refractivity contribution is -0.125. The molecular formula is C10H19NO2. The van der Waals surface area contributed by atoms with Gasteiger partial charge in [0.25, 0.3) is 0 Å². The molecule has 0 aliphatic carbocycles. The second-order valence-electron chi connectivity index (χ2n) is 4.49. The van der Waals surface area contributed by atoms with E-state index in [1.54, 1.807) is 0 Å². The summed E-state index contributed by atoms with van der Waals surface area (Å²) in [6.07, 6.45) is 1.44. The van der Waals surface area contributed by atoms with Crippen LogP contribution in [0.5, 0.6) is 0 Å². The first-order chi connectivity index (χ1) is 5.93. The van der Waals surface area contributed by atoms with Crippen LogP contribution in [0.3, 0.4) is 0 Å². The molecule has 13 heavy (non-hydrogen) atoms. The largest absolute Gasteiger partial charge is 0.390 e. The van der Waals surface area contributed by atoms with Gasteiger partial charge in [0.2, 0.25) is 5.91 Å². The molecule has 0 saturated carbocycles. The van der Waals surface area contributed by atoms with Crippen LogP contribution in [0.4, 0.5) is 0 Å². The number of amides is 1. The molecule has 1 fully saturated rings. The summed E-state index contributed by atoms with van der Waals surface area (Å²) >= 11 is 0. The number of rotatable bonds is 3. The Balaban J connectivity index is 2.52. The number of carbonyl (C=O) groups excluding carboxylic acids is 1. The summed E-state index contributed by atoms with van der Waals surface area (Å²) in [6, 6.07) is 0. The molecule has 1 aliphatic rings. The predicted octanol–water partition coefficient (Wildman–Crippen LogP) is 0.920. The molecule has 0 aromatic rings. The first-order valence-corrected chi connectivity index (χ1v) is 4.93. The van der Waals surface area contributed by atoms with E-state index >= 15 is 0 Å². The molecule has 1 saturated heterocycles. The molecule has 1 aliphatic heterocycles. The maximum absolute atomic E-state index is 11.3. The third-order valence-corrected chi connectivity index (χ3v) is 3.07. The molecule has 76 valence electrons. The summed E-state index contributed by atoms with van der Waals surface area (Å²) in [6.45, 7) is 6.53. The van der Waals surface area contributed by atoms with E-state index in [4.69, 9.17) is 0 Å². The van der Waals surface area contributed by atoms with E-state index in [9.17, 15) is 9.90 Å². The highest BCUT2D eigenvalue weighted by atomic mass is 16.3. The fourth-order valence-corrected chi connectivity index (χ4v) is 1.57. The summed E-state index contributed by atoms with van der Waals surface area (Å²) < 4.78 is 0. The first kappa shape index (κ1) is 10.5. The number of hydrogen-bond donors (Lipinski definition) is 2. The van der Waals surface area contributed by atoms with E-state index in [0.717, 1.165) is 13.0 Å². The second kappa shape index (κ2) is 3.66. The summed E-state index contributed by atoms with van der Waals surface area (Å²) in [4.78, 5) is 11.3. The Bertz CT molecular complexity index is 199. The Morgan fingerprint density at radius 3 is 2.69 bits per heavy atom. The standard InChI is InChI=1S/C10H19NO2/c1-7(2)10(3,13)6-8-4-5-11-9(8)12/h7-8,13H,4-6H2,1-3H3,(H,11,12). The fourth-order valence-electron chi connectivity index (χ4n) is 1.57. The SMILES string of the molecule is CC(C)C(C)(O)CC1CCNC1=O. The second-order valence-corrected chi connectivity index (χ2v) is 4.49. The van der Waals surface area contributed by atoms with Crippen LogP contribution in [0.1, 0.15) is 33.6 Å². The van der Waals surface area contributed by atoms with Crippen molar-refractivity contribution < 1.29 is 9.90 Å². The minimum Gasteiger partial charge on any atom is -0.390 e. The lowest BCUT2D eigenvalue weighted by atomic mass is 9.83. The third kappa shape index (κ3) is 2.44. The van der Waals surface area contributed by atoms with Crippen molar-refractivity contribution in [2.45, 2.75) is 39.2 Å². The molecule has 0 aromatic carbocycles. The monoisotopic (exact) mass is 185 g/mol. The van der Waals surface area contributed by atoms with E-state index in [0.29, 0.717) is 6.42 Å². The summed E-state index contributed by atoms with van der Waals surface area (Å²) in [5.41, 5.74) is -0.716. The van der Waals surface area contributed by atoms with Crippen molar-refractivity contribution in [3.05, 3.63) is 0 Å². The molecule has 0 radical (unpaired) electrons. The molecule has 3 nitrogen and oxygen atoms in total. The Hall–Kier alpha value is -0.570. The quantitative estimate of drug-likeness (QED) is 0.687. The normalized spacial score (nSPS) is 27.5. The van der Waals surface area contributed by atoms with Crippen LogP contribution in [0.15, 0.2) is 0 Å².